The Balaban J connectivity index is 2.21. The molecular formula is C16H21FN2O2. The number of anilines is 1. The summed E-state index contributed by atoms with van der Waals surface area (Å²) < 4.78 is 14.0. The van der Waals surface area contributed by atoms with Gasteiger partial charge in [0.25, 0.3) is 0 Å². The van der Waals surface area contributed by atoms with E-state index in [4.69, 9.17) is 5.11 Å². The Morgan fingerprint density at radius 2 is 2.33 bits per heavy atom. The summed E-state index contributed by atoms with van der Waals surface area (Å²) in [7, 11) is 4.02. The molecule has 1 unspecified atom stereocenters. The van der Waals surface area contributed by atoms with Crippen LogP contribution in [0.1, 0.15) is 18.4 Å². The molecule has 1 aromatic rings. The summed E-state index contributed by atoms with van der Waals surface area (Å²) in [5.41, 5.74) is 1.04. The molecule has 0 aliphatic carbocycles. The molecule has 1 atom stereocenters. The molecule has 0 spiro atoms. The lowest BCUT2D eigenvalue weighted by atomic mass is 10.1. The first-order valence-electron chi connectivity index (χ1n) is 7.10. The standard InChI is InChI=1S/C16H21FN2O2/c1-18-10-4-5-12(18)11-19(2)15-7-3-6-14(17)13(15)8-9-16(20)21/h3,6-9,12H,4-5,10-11H2,1-2H3,(H,20,21)/b9-8+. The lowest BCUT2D eigenvalue weighted by Crippen LogP contribution is -2.36. The zero-order valence-electron chi connectivity index (χ0n) is 12.4. The summed E-state index contributed by atoms with van der Waals surface area (Å²) in [6, 6.07) is 5.27. The van der Waals surface area contributed by atoms with Gasteiger partial charge in [-0.25, -0.2) is 9.18 Å². The Hall–Kier alpha value is -1.88. The van der Waals surface area contributed by atoms with Gasteiger partial charge >= 0.3 is 5.97 Å². The van der Waals surface area contributed by atoms with Gasteiger partial charge in [0.15, 0.2) is 0 Å². The number of carboxylic acids is 1. The number of hydrogen-bond acceptors (Lipinski definition) is 3. The van der Waals surface area contributed by atoms with E-state index in [0.29, 0.717) is 17.3 Å². The molecule has 4 nitrogen and oxygen atoms in total. The van der Waals surface area contributed by atoms with Crippen LogP contribution in [-0.4, -0.2) is 49.2 Å². The van der Waals surface area contributed by atoms with E-state index in [9.17, 15) is 9.18 Å². The average molecular weight is 292 g/mol. The van der Waals surface area contributed by atoms with Crippen LogP contribution < -0.4 is 4.90 Å². The Bertz CT molecular complexity index is 545. The molecule has 1 fully saturated rings. The van der Waals surface area contributed by atoms with Gasteiger partial charge in [-0.1, -0.05) is 6.07 Å². The zero-order chi connectivity index (χ0) is 15.4. The predicted octanol–water partition coefficient (Wildman–Crippen LogP) is 2.45. The van der Waals surface area contributed by atoms with E-state index in [-0.39, 0.29) is 0 Å². The van der Waals surface area contributed by atoms with E-state index in [1.54, 1.807) is 6.07 Å². The molecular weight excluding hydrogens is 271 g/mol. The molecule has 1 aliphatic rings. The number of nitrogens with zero attached hydrogens (tertiary/aromatic N) is 2. The van der Waals surface area contributed by atoms with Gasteiger partial charge < -0.3 is 14.9 Å². The smallest absolute Gasteiger partial charge is 0.328 e. The minimum Gasteiger partial charge on any atom is -0.478 e. The maximum atomic E-state index is 14.0. The Kier molecular flexibility index (Phi) is 4.96. The van der Waals surface area contributed by atoms with E-state index in [2.05, 4.69) is 11.9 Å². The van der Waals surface area contributed by atoms with Crippen LogP contribution in [0.3, 0.4) is 0 Å². The highest BCUT2D eigenvalue weighted by atomic mass is 19.1. The Morgan fingerprint density at radius 3 is 2.95 bits per heavy atom. The first-order chi connectivity index (χ1) is 9.99. The SMILES string of the molecule is CN(CC1CCCN1C)c1cccc(F)c1/C=C/C(=O)O. The molecule has 0 amide bonds. The largest absolute Gasteiger partial charge is 0.478 e. The van der Waals surface area contributed by atoms with Crippen molar-refractivity contribution in [1.29, 1.82) is 0 Å². The molecule has 0 saturated carbocycles. The molecule has 0 bridgehead atoms. The third kappa shape index (κ3) is 3.82. The molecule has 1 aliphatic heterocycles. The van der Waals surface area contributed by atoms with Crippen LogP contribution in [0.5, 0.6) is 0 Å². The lowest BCUT2D eigenvalue weighted by molar-refractivity contribution is -0.131. The molecule has 0 aromatic heterocycles. The Labute approximate surface area is 124 Å². The van der Waals surface area contributed by atoms with E-state index >= 15 is 0 Å². The van der Waals surface area contributed by atoms with Gasteiger partial charge in [-0.05, 0) is 44.6 Å². The molecule has 2 rings (SSSR count). The van der Waals surface area contributed by atoms with Crippen LogP contribution in [-0.2, 0) is 4.79 Å². The van der Waals surface area contributed by atoms with Crippen molar-refractivity contribution in [2.45, 2.75) is 18.9 Å². The summed E-state index contributed by atoms with van der Waals surface area (Å²) in [6.07, 6.45) is 4.61. The monoisotopic (exact) mass is 292 g/mol. The fourth-order valence-electron chi connectivity index (χ4n) is 2.80. The number of carboxylic acid groups (broad SMARTS) is 1. The summed E-state index contributed by atoms with van der Waals surface area (Å²) >= 11 is 0. The number of aliphatic carboxylic acids is 1. The van der Waals surface area contributed by atoms with Gasteiger partial charge in [0.2, 0.25) is 0 Å². The van der Waals surface area contributed by atoms with Crippen LogP contribution >= 0.6 is 0 Å². The highest BCUT2D eigenvalue weighted by Gasteiger charge is 2.23. The molecule has 1 saturated heterocycles. The second kappa shape index (κ2) is 6.72. The molecule has 1 heterocycles. The average Bonchev–Trinajstić information content (AvgIpc) is 2.82. The van der Waals surface area contributed by atoms with Gasteiger partial charge in [-0.15, -0.1) is 0 Å². The summed E-state index contributed by atoms with van der Waals surface area (Å²) in [5, 5.41) is 8.73. The first-order valence-corrected chi connectivity index (χ1v) is 7.10. The highest BCUT2D eigenvalue weighted by molar-refractivity contribution is 5.87. The van der Waals surface area contributed by atoms with Crippen LogP contribution in [0, 0.1) is 5.82 Å². The number of likely N-dealkylation sites (N-methyl/N-ethyl adjacent to an activating group) is 2. The molecule has 0 radical (unpaired) electrons. The van der Waals surface area contributed by atoms with Crippen molar-refractivity contribution in [1.82, 2.24) is 4.90 Å². The van der Waals surface area contributed by atoms with E-state index in [0.717, 1.165) is 25.6 Å². The second-order valence-corrected chi connectivity index (χ2v) is 5.50. The summed E-state index contributed by atoms with van der Waals surface area (Å²) in [4.78, 5) is 15.0. The molecule has 114 valence electrons. The number of rotatable bonds is 5. The highest BCUT2D eigenvalue weighted by Crippen LogP contribution is 2.26. The fraction of sp³-hybridized carbons (Fsp3) is 0.438. The quantitative estimate of drug-likeness (QED) is 0.847. The van der Waals surface area contributed by atoms with Crippen LogP contribution in [0.25, 0.3) is 6.08 Å². The van der Waals surface area contributed by atoms with Gasteiger partial charge in [0.1, 0.15) is 5.82 Å². The van der Waals surface area contributed by atoms with Gasteiger partial charge in [0, 0.05) is 37.0 Å². The molecule has 1 aromatic carbocycles. The van der Waals surface area contributed by atoms with Crippen LogP contribution in [0.15, 0.2) is 24.3 Å². The molecule has 5 heteroatoms. The number of halogens is 1. The minimum absolute atomic E-state index is 0.322. The van der Waals surface area contributed by atoms with Crippen molar-refractivity contribution >= 4 is 17.7 Å². The van der Waals surface area contributed by atoms with Crippen molar-refractivity contribution in [3.8, 4) is 0 Å². The Morgan fingerprint density at radius 1 is 1.57 bits per heavy atom. The van der Waals surface area contributed by atoms with Crippen molar-refractivity contribution in [3.05, 3.63) is 35.7 Å². The molecule has 21 heavy (non-hydrogen) atoms. The van der Waals surface area contributed by atoms with Crippen molar-refractivity contribution in [2.75, 3.05) is 32.1 Å². The minimum atomic E-state index is -1.08. The first kappa shape index (κ1) is 15.5. The van der Waals surface area contributed by atoms with Crippen molar-refractivity contribution < 1.29 is 14.3 Å². The zero-order valence-corrected chi connectivity index (χ0v) is 12.4. The number of likely N-dealkylation sites (tertiary alicyclic amines) is 1. The van der Waals surface area contributed by atoms with E-state index in [1.165, 1.54) is 18.6 Å². The van der Waals surface area contributed by atoms with Crippen molar-refractivity contribution in [3.63, 3.8) is 0 Å². The van der Waals surface area contributed by atoms with E-state index < -0.39 is 11.8 Å². The second-order valence-electron chi connectivity index (χ2n) is 5.50. The number of hydrogen-bond donors (Lipinski definition) is 1. The van der Waals surface area contributed by atoms with E-state index in [1.807, 2.05) is 18.0 Å². The fourth-order valence-corrected chi connectivity index (χ4v) is 2.80. The lowest BCUT2D eigenvalue weighted by Gasteiger charge is -2.28. The topological polar surface area (TPSA) is 43.8 Å². The maximum Gasteiger partial charge on any atom is 0.328 e. The summed E-state index contributed by atoms with van der Waals surface area (Å²) in [6.45, 7) is 1.89. The predicted molar refractivity (Wildman–Crippen MR) is 82.0 cm³/mol. The molecule has 1 N–H and O–H groups in total. The third-order valence-electron chi connectivity index (χ3n) is 3.99. The number of benzene rings is 1. The van der Waals surface area contributed by atoms with Crippen LogP contribution in [0.2, 0.25) is 0 Å². The van der Waals surface area contributed by atoms with Gasteiger partial charge in [-0.3, -0.25) is 0 Å². The van der Waals surface area contributed by atoms with Crippen LogP contribution in [0.4, 0.5) is 10.1 Å². The van der Waals surface area contributed by atoms with Gasteiger partial charge in [0.05, 0.1) is 0 Å². The summed E-state index contributed by atoms with van der Waals surface area (Å²) in [5.74, 6) is -1.49. The number of carbonyl (C=O) groups is 1. The van der Waals surface area contributed by atoms with Crippen molar-refractivity contribution in [2.24, 2.45) is 0 Å². The maximum absolute atomic E-state index is 14.0. The van der Waals surface area contributed by atoms with Gasteiger partial charge in [-0.2, -0.15) is 0 Å². The third-order valence-corrected chi connectivity index (χ3v) is 3.99. The normalized spacial score (nSPS) is 19.3.